The third-order valence-corrected chi connectivity index (χ3v) is 5.12. The van der Waals surface area contributed by atoms with Crippen LogP contribution in [0.1, 0.15) is 37.9 Å². The van der Waals surface area contributed by atoms with Crippen molar-refractivity contribution in [3.63, 3.8) is 0 Å². The van der Waals surface area contributed by atoms with Gasteiger partial charge in [0.25, 0.3) is 0 Å². The van der Waals surface area contributed by atoms with Crippen molar-refractivity contribution in [1.82, 2.24) is 15.0 Å². The van der Waals surface area contributed by atoms with Crippen molar-refractivity contribution in [2.75, 3.05) is 12.9 Å². The number of para-hydroxylation sites is 1. The van der Waals surface area contributed by atoms with Crippen molar-refractivity contribution in [3.8, 4) is 0 Å². The number of carbonyl (C=O) groups excluding carboxylic acids is 2. The van der Waals surface area contributed by atoms with E-state index in [1.165, 1.54) is 18.9 Å². The Morgan fingerprint density at radius 3 is 2.62 bits per heavy atom. The van der Waals surface area contributed by atoms with Crippen LogP contribution in [0.2, 0.25) is 0 Å². The average molecular weight is 369 g/mol. The number of Topliss-reactive ketones (excluding diaryl/α,β-unsaturated/α-hetero) is 1. The molecular weight excluding hydrogens is 350 g/mol. The van der Waals surface area contributed by atoms with Gasteiger partial charge in [0, 0.05) is 11.1 Å². The quantitative estimate of drug-likeness (QED) is 0.320. The monoisotopic (exact) mass is 369 g/mol. The number of esters is 1. The zero-order chi connectivity index (χ0) is 18.8. The highest BCUT2D eigenvalue weighted by Crippen LogP contribution is 2.27. The number of thioether (sulfide) groups is 1. The van der Waals surface area contributed by atoms with Crippen LogP contribution in [0, 0.1) is 20.8 Å². The first-order valence-corrected chi connectivity index (χ1v) is 9.07. The van der Waals surface area contributed by atoms with Gasteiger partial charge in [0.2, 0.25) is 0 Å². The van der Waals surface area contributed by atoms with E-state index in [4.69, 9.17) is 4.74 Å². The largest absolute Gasteiger partial charge is 0.465 e. The molecule has 3 rings (SSSR count). The smallest absolute Gasteiger partial charge is 0.339 e. The molecule has 0 aliphatic heterocycles. The minimum Gasteiger partial charge on any atom is -0.465 e. The highest BCUT2D eigenvalue weighted by Gasteiger charge is 2.22. The van der Waals surface area contributed by atoms with Gasteiger partial charge < -0.3 is 9.72 Å². The molecule has 0 radical (unpaired) electrons. The second-order valence-corrected chi connectivity index (χ2v) is 6.89. The summed E-state index contributed by atoms with van der Waals surface area (Å²) in [5, 5.41) is 1.70. The lowest BCUT2D eigenvalue weighted by Gasteiger charge is -2.06. The number of aromatic nitrogens is 3. The summed E-state index contributed by atoms with van der Waals surface area (Å²) >= 11 is 1.37. The number of rotatable bonds is 5. The predicted octanol–water partition coefficient (Wildman–Crippen LogP) is 3.64. The van der Waals surface area contributed by atoms with Gasteiger partial charge in [0.05, 0.1) is 29.6 Å². The van der Waals surface area contributed by atoms with Gasteiger partial charge in [0.1, 0.15) is 10.9 Å². The normalized spacial score (nSPS) is 10.9. The van der Waals surface area contributed by atoms with E-state index in [-0.39, 0.29) is 11.5 Å². The van der Waals surface area contributed by atoms with E-state index in [2.05, 4.69) is 15.0 Å². The Morgan fingerprint density at radius 1 is 1.15 bits per heavy atom. The van der Waals surface area contributed by atoms with E-state index in [9.17, 15) is 9.59 Å². The maximum atomic E-state index is 12.7. The molecule has 0 amide bonds. The number of ether oxygens (including phenoxy) is 1. The molecule has 0 saturated heterocycles. The molecule has 0 aliphatic carbocycles. The van der Waals surface area contributed by atoms with Gasteiger partial charge in [0.15, 0.2) is 5.78 Å². The molecule has 6 nitrogen and oxygen atoms in total. The molecule has 1 aromatic carbocycles. The lowest BCUT2D eigenvalue weighted by Crippen LogP contribution is -2.07. The molecule has 0 bridgehead atoms. The number of aryl methyl sites for hydroxylation is 2. The van der Waals surface area contributed by atoms with Crippen molar-refractivity contribution in [3.05, 3.63) is 52.6 Å². The Bertz CT molecular complexity index is 1010. The number of carbonyl (C=O) groups is 2. The molecule has 134 valence electrons. The van der Waals surface area contributed by atoms with Crippen molar-refractivity contribution in [2.45, 2.75) is 25.8 Å². The number of methoxy groups -OCH3 is 1. The minimum atomic E-state index is -0.444. The van der Waals surface area contributed by atoms with E-state index < -0.39 is 5.97 Å². The second kappa shape index (κ2) is 7.29. The van der Waals surface area contributed by atoms with Crippen LogP contribution in [-0.2, 0) is 4.74 Å². The maximum absolute atomic E-state index is 12.7. The summed E-state index contributed by atoms with van der Waals surface area (Å²) in [6, 6.07) is 7.72. The minimum absolute atomic E-state index is 0.0916. The molecule has 3 aromatic rings. The topological polar surface area (TPSA) is 84.9 Å². The molecule has 0 fully saturated rings. The van der Waals surface area contributed by atoms with E-state index in [1.807, 2.05) is 31.2 Å². The summed E-state index contributed by atoms with van der Waals surface area (Å²) in [5.41, 5.74) is 2.96. The molecule has 0 aliphatic rings. The highest BCUT2D eigenvalue weighted by atomic mass is 32.2. The third-order valence-electron chi connectivity index (χ3n) is 4.13. The Morgan fingerprint density at radius 2 is 1.88 bits per heavy atom. The Kier molecular flexibility index (Phi) is 5.08. The number of nitrogens with zero attached hydrogens (tertiary/aromatic N) is 2. The lowest BCUT2D eigenvalue weighted by atomic mass is 10.1. The van der Waals surface area contributed by atoms with Crippen molar-refractivity contribution < 1.29 is 14.3 Å². The zero-order valence-electron chi connectivity index (χ0n) is 15.0. The zero-order valence-corrected chi connectivity index (χ0v) is 15.9. The fourth-order valence-electron chi connectivity index (χ4n) is 2.91. The molecular formula is C19H19N3O3S. The summed E-state index contributed by atoms with van der Waals surface area (Å²) in [7, 11) is 1.33. The Balaban J connectivity index is 1.86. The second-order valence-electron chi connectivity index (χ2n) is 5.92. The molecule has 2 aromatic heterocycles. The third kappa shape index (κ3) is 3.35. The van der Waals surface area contributed by atoms with Crippen molar-refractivity contribution in [2.24, 2.45) is 0 Å². The van der Waals surface area contributed by atoms with E-state index in [1.54, 1.807) is 13.8 Å². The van der Waals surface area contributed by atoms with Gasteiger partial charge in [-0.15, -0.1) is 0 Å². The number of fused-ring (bicyclic) bond motifs is 1. The van der Waals surface area contributed by atoms with Crippen LogP contribution in [0.3, 0.4) is 0 Å². The number of H-pyrrole nitrogens is 1. The van der Waals surface area contributed by atoms with Crippen LogP contribution in [-0.4, -0.2) is 39.6 Å². The van der Waals surface area contributed by atoms with Crippen LogP contribution in [0.25, 0.3) is 10.9 Å². The van der Waals surface area contributed by atoms with Crippen molar-refractivity contribution >= 4 is 34.4 Å². The average Bonchev–Trinajstić information content (AvgIpc) is 2.93. The van der Waals surface area contributed by atoms with Gasteiger partial charge in [-0.1, -0.05) is 30.0 Å². The molecule has 26 heavy (non-hydrogen) atoms. The molecule has 0 atom stereocenters. The maximum Gasteiger partial charge on any atom is 0.339 e. The number of hydrogen-bond acceptors (Lipinski definition) is 6. The first-order valence-electron chi connectivity index (χ1n) is 8.09. The van der Waals surface area contributed by atoms with Crippen LogP contribution >= 0.6 is 11.8 Å². The Hall–Kier alpha value is -2.67. The first kappa shape index (κ1) is 18.1. The summed E-state index contributed by atoms with van der Waals surface area (Å²) in [6.07, 6.45) is 0. The predicted molar refractivity (Wildman–Crippen MR) is 101 cm³/mol. The lowest BCUT2D eigenvalue weighted by molar-refractivity contribution is 0.0599. The summed E-state index contributed by atoms with van der Waals surface area (Å²) in [5.74, 6) is 0.340. The number of aromatic amines is 1. The molecule has 0 saturated carbocycles. The number of nitrogens with one attached hydrogen (secondary N) is 1. The fourth-order valence-corrected chi connectivity index (χ4v) is 3.85. The molecule has 7 heteroatoms. The van der Waals surface area contributed by atoms with Crippen LogP contribution in [0.4, 0.5) is 0 Å². The summed E-state index contributed by atoms with van der Waals surface area (Å²) in [6.45, 7) is 5.34. The van der Waals surface area contributed by atoms with Gasteiger partial charge in [-0.25, -0.2) is 14.8 Å². The molecule has 1 N–H and O–H groups in total. The first-order chi connectivity index (χ1) is 12.4. The van der Waals surface area contributed by atoms with Crippen LogP contribution < -0.4 is 0 Å². The summed E-state index contributed by atoms with van der Waals surface area (Å²) in [4.78, 5) is 36.5. The molecule has 2 heterocycles. The fraction of sp³-hybridized carbons (Fsp3) is 0.263. The van der Waals surface area contributed by atoms with Gasteiger partial charge in [-0.2, -0.15) is 0 Å². The van der Waals surface area contributed by atoms with Crippen molar-refractivity contribution in [1.29, 1.82) is 0 Å². The number of ketones is 1. The Labute approximate surface area is 155 Å². The SMILES string of the molecule is COC(=O)c1c(C)[nH]c(C(=O)CSc2nc(C)nc3ccccc23)c1C. The van der Waals surface area contributed by atoms with E-state index in [0.717, 1.165) is 15.9 Å². The number of hydrogen-bond donors (Lipinski definition) is 1. The van der Waals surface area contributed by atoms with Gasteiger partial charge >= 0.3 is 5.97 Å². The highest BCUT2D eigenvalue weighted by molar-refractivity contribution is 8.00. The number of benzene rings is 1. The van der Waals surface area contributed by atoms with E-state index >= 15 is 0 Å². The molecule has 0 unspecified atom stereocenters. The molecule has 0 spiro atoms. The van der Waals surface area contributed by atoms with Gasteiger partial charge in [-0.05, 0) is 32.4 Å². The van der Waals surface area contributed by atoms with Crippen LogP contribution in [0.5, 0.6) is 0 Å². The van der Waals surface area contributed by atoms with E-state index in [0.29, 0.717) is 28.3 Å². The van der Waals surface area contributed by atoms with Gasteiger partial charge in [-0.3, -0.25) is 4.79 Å². The summed E-state index contributed by atoms with van der Waals surface area (Å²) < 4.78 is 4.79. The standard InChI is InChI=1S/C19H19N3O3S/c1-10-16(19(24)25-4)11(2)20-17(10)15(23)9-26-18-13-7-5-6-8-14(13)21-12(3)22-18/h5-8,20H,9H2,1-4H3. The van der Waals surface area contributed by atoms with Crippen LogP contribution in [0.15, 0.2) is 29.3 Å².